The third-order valence-corrected chi connectivity index (χ3v) is 4.95. The lowest BCUT2D eigenvalue weighted by Gasteiger charge is -2.60. The second-order valence-corrected chi connectivity index (χ2v) is 6.15. The maximum atomic E-state index is 10.5. The Kier molecular flexibility index (Phi) is 1.77. The average Bonchev–Trinajstić information content (AvgIpc) is 2.12. The van der Waals surface area contributed by atoms with Gasteiger partial charge in [-0.3, -0.25) is 0 Å². The minimum Gasteiger partial charge on any atom is -0.411 e. The molecule has 0 spiro atoms. The van der Waals surface area contributed by atoms with Crippen LogP contribution in [0.15, 0.2) is 5.16 Å². The Bertz CT molecular complexity index is 310. The fourth-order valence-corrected chi connectivity index (χ4v) is 4.74. The van der Waals surface area contributed by atoms with Crippen molar-refractivity contribution >= 4 is 5.71 Å². The topological polar surface area (TPSA) is 52.8 Å². The molecule has 2 N–H and O–H groups in total. The van der Waals surface area contributed by atoms with E-state index in [1.54, 1.807) is 0 Å². The molecule has 0 aliphatic heterocycles. The molecule has 0 saturated heterocycles. The van der Waals surface area contributed by atoms with Crippen LogP contribution in [0.3, 0.4) is 0 Å². The summed E-state index contributed by atoms with van der Waals surface area (Å²) < 4.78 is 0. The SMILES string of the molecule is C/C(=N\O)C12CC3CC(CC(O)(C3)C1)C2. The maximum Gasteiger partial charge on any atom is 0.0662 e. The summed E-state index contributed by atoms with van der Waals surface area (Å²) in [4.78, 5) is 0. The van der Waals surface area contributed by atoms with Gasteiger partial charge in [-0.2, -0.15) is 0 Å². The summed E-state index contributed by atoms with van der Waals surface area (Å²) in [5.74, 6) is 1.32. The predicted molar refractivity (Wildman–Crippen MR) is 57.0 cm³/mol. The highest BCUT2D eigenvalue weighted by Crippen LogP contribution is 2.61. The number of aliphatic hydroxyl groups is 1. The molecular weight excluding hydrogens is 190 g/mol. The van der Waals surface area contributed by atoms with Crippen molar-refractivity contribution in [1.82, 2.24) is 0 Å². The van der Waals surface area contributed by atoms with Crippen LogP contribution in [0.1, 0.15) is 45.4 Å². The summed E-state index contributed by atoms with van der Waals surface area (Å²) in [6.07, 6.45) is 6.31. The van der Waals surface area contributed by atoms with Gasteiger partial charge in [-0.25, -0.2) is 0 Å². The number of oxime groups is 1. The van der Waals surface area contributed by atoms with E-state index in [1.165, 1.54) is 6.42 Å². The maximum absolute atomic E-state index is 10.5. The summed E-state index contributed by atoms with van der Waals surface area (Å²) in [5.41, 5.74) is 0.416. The minimum absolute atomic E-state index is 0.0214. The van der Waals surface area contributed by atoms with E-state index in [9.17, 15) is 5.11 Å². The summed E-state index contributed by atoms with van der Waals surface area (Å²) >= 11 is 0. The molecule has 4 rings (SSSR count). The smallest absolute Gasteiger partial charge is 0.0662 e. The van der Waals surface area contributed by atoms with Crippen molar-refractivity contribution in [2.75, 3.05) is 0 Å². The molecule has 4 aliphatic rings. The number of rotatable bonds is 1. The molecule has 0 radical (unpaired) electrons. The quantitative estimate of drug-likeness (QED) is 0.395. The van der Waals surface area contributed by atoms with Crippen molar-refractivity contribution in [2.24, 2.45) is 22.4 Å². The van der Waals surface area contributed by atoms with E-state index in [1.807, 2.05) is 6.92 Å². The van der Waals surface area contributed by atoms with Gasteiger partial charge in [0.05, 0.1) is 11.3 Å². The Balaban J connectivity index is 1.99. The van der Waals surface area contributed by atoms with Gasteiger partial charge in [0.15, 0.2) is 0 Å². The first-order valence-corrected chi connectivity index (χ1v) is 5.97. The van der Waals surface area contributed by atoms with Crippen molar-refractivity contribution in [2.45, 2.75) is 51.0 Å². The van der Waals surface area contributed by atoms with E-state index in [0.29, 0.717) is 11.8 Å². The fourth-order valence-electron chi connectivity index (χ4n) is 4.74. The lowest BCUT2D eigenvalue weighted by atomic mass is 9.47. The van der Waals surface area contributed by atoms with Crippen LogP contribution in [0.25, 0.3) is 0 Å². The molecule has 3 heteroatoms. The predicted octanol–water partition coefficient (Wildman–Crippen LogP) is 2.17. The van der Waals surface area contributed by atoms with Gasteiger partial charge in [-0.1, -0.05) is 5.16 Å². The average molecular weight is 209 g/mol. The van der Waals surface area contributed by atoms with Gasteiger partial charge in [0.1, 0.15) is 0 Å². The summed E-state index contributed by atoms with van der Waals surface area (Å²) in [5, 5.41) is 22.9. The van der Waals surface area contributed by atoms with Crippen LogP contribution in [0.5, 0.6) is 0 Å². The number of hydrogen-bond acceptors (Lipinski definition) is 3. The van der Waals surface area contributed by atoms with Crippen LogP contribution in [-0.4, -0.2) is 21.6 Å². The second-order valence-electron chi connectivity index (χ2n) is 6.15. The Morgan fingerprint density at radius 1 is 1.20 bits per heavy atom. The van der Waals surface area contributed by atoms with Gasteiger partial charge in [0.25, 0.3) is 0 Å². The standard InChI is InChI=1S/C12H19NO2/c1-8(13-15)11-3-9-2-10(4-11)6-12(14,5-9)7-11/h9-10,14-15H,2-7H2,1H3/b13-8+. The van der Waals surface area contributed by atoms with Crippen molar-refractivity contribution in [3.8, 4) is 0 Å². The van der Waals surface area contributed by atoms with Crippen LogP contribution in [-0.2, 0) is 0 Å². The van der Waals surface area contributed by atoms with Gasteiger partial charge >= 0.3 is 0 Å². The minimum atomic E-state index is -0.448. The first kappa shape index (κ1) is 9.64. The van der Waals surface area contributed by atoms with E-state index in [4.69, 9.17) is 5.21 Å². The van der Waals surface area contributed by atoms with E-state index >= 15 is 0 Å². The van der Waals surface area contributed by atoms with Crippen LogP contribution in [0.2, 0.25) is 0 Å². The molecule has 0 heterocycles. The molecule has 2 atom stereocenters. The van der Waals surface area contributed by atoms with Gasteiger partial charge in [-0.05, 0) is 57.3 Å². The van der Waals surface area contributed by atoms with Crippen molar-refractivity contribution in [1.29, 1.82) is 0 Å². The Morgan fingerprint density at radius 2 is 1.80 bits per heavy atom. The van der Waals surface area contributed by atoms with Gasteiger partial charge in [0.2, 0.25) is 0 Å². The monoisotopic (exact) mass is 209 g/mol. The number of hydrogen-bond donors (Lipinski definition) is 2. The van der Waals surface area contributed by atoms with Crippen molar-refractivity contribution < 1.29 is 10.3 Å². The molecule has 4 bridgehead atoms. The summed E-state index contributed by atoms with van der Waals surface area (Å²) in [6.45, 7) is 1.91. The van der Waals surface area contributed by atoms with E-state index in [0.717, 1.165) is 37.8 Å². The van der Waals surface area contributed by atoms with Gasteiger partial charge < -0.3 is 10.3 Å². The van der Waals surface area contributed by atoms with Crippen LogP contribution in [0, 0.1) is 17.3 Å². The molecule has 0 amide bonds. The van der Waals surface area contributed by atoms with E-state index in [-0.39, 0.29) is 5.41 Å². The first-order valence-electron chi connectivity index (χ1n) is 5.97. The fraction of sp³-hybridized carbons (Fsp3) is 0.917. The second kappa shape index (κ2) is 2.76. The molecule has 0 aromatic rings. The zero-order chi connectivity index (χ0) is 10.7. The first-order chi connectivity index (χ1) is 7.05. The molecule has 4 fully saturated rings. The van der Waals surface area contributed by atoms with Crippen molar-refractivity contribution in [3.05, 3.63) is 0 Å². The molecule has 3 nitrogen and oxygen atoms in total. The molecule has 2 unspecified atom stereocenters. The highest BCUT2D eigenvalue weighted by atomic mass is 16.4. The van der Waals surface area contributed by atoms with E-state index in [2.05, 4.69) is 5.16 Å². The molecule has 15 heavy (non-hydrogen) atoms. The van der Waals surface area contributed by atoms with Crippen molar-refractivity contribution in [3.63, 3.8) is 0 Å². The van der Waals surface area contributed by atoms with Crippen LogP contribution < -0.4 is 0 Å². The molecule has 4 saturated carbocycles. The lowest BCUT2D eigenvalue weighted by Crippen LogP contribution is -2.57. The number of nitrogens with zero attached hydrogens (tertiary/aromatic N) is 1. The Labute approximate surface area is 90.2 Å². The largest absolute Gasteiger partial charge is 0.411 e. The molecule has 84 valence electrons. The molecular formula is C12H19NO2. The summed E-state index contributed by atoms with van der Waals surface area (Å²) in [7, 11) is 0. The third-order valence-electron chi connectivity index (χ3n) is 4.95. The van der Waals surface area contributed by atoms with Gasteiger partial charge in [0, 0.05) is 5.41 Å². The zero-order valence-electron chi connectivity index (χ0n) is 9.24. The molecule has 0 aromatic carbocycles. The molecule has 0 aromatic heterocycles. The normalized spacial score (nSPS) is 53.6. The van der Waals surface area contributed by atoms with Crippen LogP contribution >= 0.6 is 0 Å². The van der Waals surface area contributed by atoms with Crippen LogP contribution in [0.4, 0.5) is 0 Å². The summed E-state index contributed by atoms with van der Waals surface area (Å²) in [6, 6.07) is 0. The Morgan fingerprint density at radius 3 is 2.27 bits per heavy atom. The lowest BCUT2D eigenvalue weighted by molar-refractivity contribution is -0.142. The highest BCUT2D eigenvalue weighted by Gasteiger charge is 2.58. The zero-order valence-corrected chi connectivity index (χ0v) is 9.24. The Hall–Kier alpha value is -0.570. The van der Waals surface area contributed by atoms with E-state index < -0.39 is 5.60 Å². The highest BCUT2D eigenvalue weighted by molar-refractivity contribution is 5.88. The third kappa shape index (κ3) is 1.25. The molecule has 4 aliphatic carbocycles. The van der Waals surface area contributed by atoms with Gasteiger partial charge in [-0.15, -0.1) is 0 Å².